The maximum Gasteiger partial charge on any atom is 0.255 e. The van der Waals surface area contributed by atoms with Crippen LogP contribution >= 0.6 is 0 Å². The Morgan fingerprint density at radius 2 is 2.05 bits per heavy atom. The van der Waals surface area contributed by atoms with Gasteiger partial charge in [-0.1, -0.05) is 6.07 Å². The minimum absolute atomic E-state index is 0.260. The van der Waals surface area contributed by atoms with Crippen LogP contribution in [0.25, 0.3) is 11.0 Å². The third kappa shape index (κ3) is 2.35. The Labute approximate surface area is 118 Å². The number of hydrogen-bond donors (Lipinski definition) is 2. The molecule has 106 valence electrons. The first-order valence-electron chi connectivity index (χ1n) is 6.25. The summed E-state index contributed by atoms with van der Waals surface area (Å²) in [6, 6.07) is 7.21. The van der Waals surface area contributed by atoms with E-state index in [4.69, 9.17) is 0 Å². The number of carbonyl (C=O) groups excluding carboxylic acids is 1. The zero-order valence-electron chi connectivity index (χ0n) is 11.1. The number of rotatable bonds is 2. The van der Waals surface area contributed by atoms with Gasteiger partial charge in [0.2, 0.25) is 0 Å². The molecule has 6 heteroatoms. The van der Waals surface area contributed by atoms with Crippen molar-refractivity contribution in [2.45, 2.75) is 6.92 Å². The Morgan fingerprint density at radius 3 is 2.86 bits per heavy atom. The number of aromatic amines is 1. The monoisotopic (exact) mass is 287 g/mol. The summed E-state index contributed by atoms with van der Waals surface area (Å²) < 4.78 is 27.5. The van der Waals surface area contributed by atoms with E-state index in [1.807, 2.05) is 0 Å². The molecule has 0 bridgehead atoms. The van der Waals surface area contributed by atoms with Gasteiger partial charge in [-0.2, -0.15) is 0 Å². The fourth-order valence-corrected chi connectivity index (χ4v) is 2.03. The summed E-state index contributed by atoms with van der Waals surface area (Å²) in [4.78, 5) is 19.0. The van der Waals surface area contributed by atoms with Crippen molar-refractivity contribution in [2.24, 2.45) is 0 Å². The summed E-state index contributed by atoms with van der Waals surface area (Å²) in [7, 11) is 0. The van der Waals surface area contributed by atoms with E-state index in [0.29, 0.717) is 11.0 Å². The number of aromatic nitrogens is 2. The number of amides is 1. The topological polar surface area (TPSA) is 57.8 Å². The first kappa shape index (κ1) is 13.2. The third-order valence-corrected chi connectivity index (χ3v) is 3.21. The van der Waals surface area contributed by atoms with Gasteiger partial charge in [0.05, 0.1) is 17.4 Å². The standard InChI is InChI=1S/C15H11F2N3O/c1-8-2-4-10(16)14(13(8)17)20-15(21)9-3-5-11-12(6-9)19-7-18-11/h2-7H,1H3,(H,18,19)(H,20,21). The second-order valence-electron chi connectivity index (χ2n) is 4.64. The van der Waals surface area contributed by atoms with Gasteiger partial charge in [-0.25, -0.2) is 13.8 Å². The van der Waals surface area contributed by atoms with Gasteiger partial charge in [0.25, 0.3) is 5.91 Å². The number of imidazole rings is 1. The number of anilines is 1. The van der Waals surface area contributed by atoms with E-state index >= 15 is 0 Å². The Kier molecular flexibility index (Phi) is 3.13. The fraction of sp³-hybridized carbons (Fsp3) is 0.0667. The van der Waals surface area contributed by atoms with E-state index in [-0.39, 0.29) is 11.1 Å². The average Bonchev–Trinajstić information content (AvgIpc) is 2.94. The van der Waals surface area contributed by atoms with Crippen molar-refractivity contribution in [1.29, 1.82) is 0 Å². The molecule has 2 aromatic carbocycles. The first-order chi connectivity index (χ1) is 10.1. The molecule has 4 nitrogen and oxygen atoms in total. The molecule has 0 saturated carbocycles. The molecule has 3 rings (SSSR count). The molecule has 1 aromatic heterocycles. The van der Waals surface area contributed by atoms with Crippen LogP contribution < -0.4 is 5.32 Å². The summed E-state index contributed by atoms with van der Waals surface area (Å²) in [6.45, 7) is 1.50. The van der Waals surface area contributed by atoms with Crippen LogP contribution in [0.1, 0.15) is 15.9 Å². The Bertz CT molecular complexity index is 842. The number of aryl methyl sites for hydroxylation is 1. The van der Waals surface area contributed by atoms with Crippen LogP contribution in [-0.2, 0) is 0 Å². The number of halogens is 2. The number of nitrogens with one attached hydrogen (secondary N) is 2. The predicted octanol–water partition coefficient (Wildman–Crippen LogP) is 3.40. The van der Waals surface area contributed by atoms with Gasteiger partial charge < -0.3 is 10.3 Å². The van der Waals surface area contributed by atoms with Gasteiger partial charge in [0, 0.05) is 5.56 Å². The Hall–Kier alpha value is -2.76. The van der Waals surface area contributed by atoms with Crippen LogP contribution in [0.4, 0.5) is 14.5 Å². The largest absolute Gasteiger partial charge is 0.345 e. The highest BCUT2D eigenvalue weighted by Gasteiger charge is 2.15. The molecule has 0 saturated heterocycles. The summed E-state index contributed by atoms with van der Waals surface area (Å²) in [5.74, 6) is -2.17. The lowest BCUT2D eigenvalue weighted by molar-refractivity contribution is 0.102. The van der Waals surface area contributed by atoms with Gasteiger partial charge in [0.15, 0.2) is 5.82 Å². The summed E-state index contributed by atoms with van der Waals surface area (Å²) in [5, 5.41) is 2.27. The minimum atomic E-state index is -0.811. The molecule has 2 N–H and O–H groups in total. The minimum Gasteiger partial charge on any atom is -0.345 e. The first-order valence-corrected chi connectivity index (χ1v) is 6.25. The molecular formula is C15H11F2N3O. The summed E-state index contributed by atoms with van der Waals surface area (Å²) in [6.07, 6.45) is 1.51. The van der Waals surface area contributed by atoms with Crippen molar-refractivity contribution in [3.05, 3.63) is 59.4 Å². The number of fused-ring (bicyclic) bond motifs is 1. The van der Waals surface area contributed by atoms with Crippen LogP contribution in [0.5, 0.6) is 0 Å². The van der Waals surface area contributed by atoms with Crippen molar-refractivity contribution < 1.29 is 13.6 Å². The molecular weight excluding hydrogens is 276 g/mol. The molecule has 0 fully saturated rings. The fourth-order valence-electron chi connectivity index (χ4n) is 2.03. The normalized spacial score (nSPS) is 10.8. The van der Waals surface area contributed by atoms with Gasteiger partial charge in [-0.15, -0.1) is 0 Å². The highest BCUT2D eigenvalue weighted by molar-refractivity contribution is 6.06. The predicted molar refractivity (Wildman–Crippen MR) is 75.1 cm³/mol. The van der Waals surface area contributed by atoms with Crippen LogP contribution in [-0.4, -0.2) is 15.9 Å². The van der Waals surface area contributed by atoms with Crippen molar-refractivity contribution in [3.63, 3.8) is 0 Å². The third-order valence-electron chi connectivity index (χ3n) is 3.21. The lowest BCUT2D eigenvalue weighted by Crippen LogP contribution is -2.14. The van der Waals surface area contributed by atoms with Crippen LogP contribution in [0.3, 0.4) is 0 Å². The zero-order chi connectivity index (χ0) is 15.0. The van der Waals surface area contributed by atoms with Crippen LogP contribution in [0, 0.1) is 18.6 Å². The van der Waals surface area contributed by atoms with E-state index < -0.39 is 23.2 Å². The van der Waals surface area contributed by atoms with Crippen molar-refractivity contribution in [2.75, 3.05) is 5.32 Å². The van der Waals surface area contributed by atoms with E-state index in [2.05, 4.69) is 15.3 Å². The smallest absolute Gasteiger partial charge is 0.255 e. The SMILES string of the molecule is Cc1ccc(F)c(NC(=O)c2ccc3nc[nH]c3c2)c1F. The van der Waals surface area contributed by atoms with Crippen molar-refractivity contribution >= 4 is 22.6 Å². The van der Waals surface area contributed by atoms with Crippen LogP contribution in [0.2, 0.25) is 0 Å². The van der Waals surface area contributed by atoms with E-state index in [0.717, 1.165) is 6.07 Å². The molecule has 0 aliphatic heterocycles. The van der Waals surface area contributed by atoms with Gasteiger partial charge in [-0.05, 0) is 36.8 Å². The molecule has 1 heterocycles. The highest BCUT2D eigenvalue weighted by Crippen LogP contribution is 2.22. The van der Waals surface area contributed by atoms with Gasteiger partial charge >= 0.3 is 0 Å². The summed E-state index contributed by atoms with van der Waals surface area (Å²) in [5.41, 5.74) is 1.49. The molecule has 0 atom stereocenters. The van der Waals surface area contributed by atoms with Gasteiger partial charge in [-0.3, -0.25) is 4.79 Å². The number of H-pyrrole nitrogens is 1. The van der Waals surface area contributed by atoms with E-state index in [1.54, 1.807) is 18.2 Å². The molecule has 0 aliphatic rings. The molecule has 1 amide bonds. The second-order valence-corrected chi connectivity index (χ2v) is 4.64. The second kappa shape index (κ2) is 4.97. The average molecular weight is 287 g/mol. The lowest BCUT2D eigenvalue weighted by atomic mass is 10.1. The quantitative estimate of drug-likeness (QED) is 0.759. The lowest BCUT2D eigenvalue weighted by Gasteiger charge is -2.09. The number of benzene rings is 2. The van der Waals surface area contributed by atoms with E-state index in [1.165, 1.54) is 19.3 Å². The highest BCUT2D eigenvalue weighted by atomic mass is 19.1. The Balaban J connectivity index is 1.94. The molecule has 0 spiro atoms. The van der Waals surface area contributed by atoms with Gasteiger partial charge in [0.1, 0.15) is 11.5 Å². The zero-order valence-corrected chi connectivity index (χ0v) is 11.1. The maximum atomic E-state index is 13.9. The van der Waals surface area contributed by atoms with Crippen LogP contribution in [0.15, 0.2) is 36.7 Å². The van der Waals surface area contributed by atoms with Crippen molar-refractivity contribution in [3.8, 4) is 0 Å². The van der Waals surface area contributed by atoms with E-state index in [9.17, 15) is 13.6 Å². The molecule has 3 aromatic rings. The molecule has 0 radical (unpaired) electrons. The van der Waals surface area contributed by atoms with Crippen molar-refractivity contribution in [1.82, 2.24) is 9.97 Å². The summed E-state index contributed by atoms with van der Waals surface area (Å²) >= 11 is 0. The number of carbonyl (C=O) groups is 1. The maximum absolute atomic E-state index is 13.9. The molecule has 0 unspecified atom stereocenters. The molecule has 21 heavy (non-hydrogen) atoms. The molecule has 0 aliphatic carbocycles. The number of nitrogens with zero attached hydrogens (tertiary/aromatic N) is 1. The Morgan fingerprint density at radius 1 is 1.24 bits per heavy atom. The number of hydrogen-bond acceptors (Lipinski definition) is 2.